The highest BCUT2D eigenvalue weighted by Gasteiger charge is 2.22. The molecule has 1 amide bonds. The van der Waals surface area contributed by atoms with Crippen molar-refractivity contribution in [3.63, 3.8) is 0 Å². The number of anilines is 1. The zero-order valence-corrected chi connectivity index (χ0v) is 18.0. The molecule has 31 heavy (non-hydrogen) atoms. The number of fused-ring (bicyclic) bond motifs is 1. The van der Waals surface area contributed by atoms with Crippen molar-refractivity contribution in [1.82, 2.24) is 15.2 Å². The molecule has 1 aliphatic rings. The lowest BCUT2D eigenvalue weighted by atomic mass is 10.1. The minimum Gasteiger partial charge on any atom is -0.351 e. The molecule has 1 aromatic heterocycles. The van der Waals surface area contributed by atoms with Crippen molar-refractivity contribution in [2.45, 2.75) is 0 Å². The Balaban J connectivity index is 1.29. The van der Waals surface area contributed by atoms with E-state index in [-0.39, 0.29) is 22.1 Å². The van der Waals surface area contributed by atoms with Gasteiger partial charge in [0.2, 0.25) is 0 Å². The molecule has 2 heterocycles. The Morgan fingerprint density at radius 1 is 1.26 bits per heavy atom. The molecule has 0 saturated carbocycles. The molecule has 2 aromatic carbocycles. The van der Waals surface area contributed by atoms with Gasteiger partial charge in [-0.15, -0.1) is 0 Å². The van der Waals surface area contributed by atoms with Crippen LogP contribution in [0.2, 0.25) is 5.02 Å². The highest BCUT2D eigenvalue weighted by Crippen LogP contribution is 2.30. The maximum atomic E-state index is 13.9. The third-order valence-electron chi connectivity index (χ3n) is 5.11. The van der Waals surface area contributed by atoms with E-state index in [0.29, 0.717) is 18.6 Å². The average molecular weight is 464 g/mol. The summed E-state index contributed by atoms with van der Waals surface area (Å²) >= 11 is 7.36. The predicted octanol–water partition coefficient (Wildman–Crippen LogP) is 3.55. The fraction of sp³-hybridized carbons (Fsp3) is 0.300. The summed E-state index contributed by atoms with van der Waals surface area (Å²) in [4.78, 5) is 31.7. The highest BCUT2D eigenvalue weighted by molar-refractivity contribution is 7.22. The van der Waals surface area contributed by atoms with Crippen molar-refractivity contribution in [2.24, 2.45) is 0 Å². The van der Waals surface area contributed by atoms with Crippen LogP contribution in [0.3, 0.4) is 0 Å². The van der Waals surface area contributed by atoms with Gasteiger partial charge in [0.25, 0.3) is 11.6 Å². The number of hydrogen-bond acceptors (Lipinski definition) is 7. The molecule has 1 N–H and O–H groups in total. The average Bonchev–Trinajstić information content (AvgIpc) is 3.19. The lowest BCUT2D eigenvalue weighted by molar-refractivity contribution is -0.385. The number of rotatable bonds is 6. The van der Waals surface area contributed by atoms with Crippen LogP contribution in [-0.4, -0.2) is 60.0 Å². The number of nitrogens with zero attached hydrogens (tertiary/aromatic N) is 4. The second-order valence-corrected chi connectivity index (χ2v) is 8.53. The molecular weight excluding hydrogens is 445 g/mol. The molecule has 0 unspecified atom stereocenters. The third-order valence-corrected chi connectivity index (χ3v) is 6.43. The number of hydrogen-bond donors (Lipinski definition) is 1. The number of nitrogens with one attached hydrogen (secondary N) is 1. The molecule has 0 bridgehead atoms. The summed E-state index contributed by atoms with van der Waals surface area (Å²) in [7, 11) is 0. The number of aromatic nitrogens is 1. The van der Waals surface area contributed by atoms with Crippen LogP contribution in [-0.2, 0) is 0 Å². The lowest BCUT2D eigenvalue weighted by Gasteiger charge is -2.34. The van der Waals surface area contributed by atoms with Crippen LogP contribution in [0.4, 0.5) is 15.2 Å². The van der Waals surface area contributed by atoms with Crippen LogP contribution < -0.4 is 10.2 Å². The third kappa shape index (κ3) is 4.76. The number of para-hydroxylation sites is 1. The highest BCUT2D eigenvalue weighted by atomic mass is 35.5. The minimum absolute atomic E-state index is 0.0506. The first kappa shape index (κ1) is 21.4. The normalized spacial score (nSPS) is 14.7. The number of carbonyl (C=O) groups is 1. The molecule has 1 fully saturated rings. The van der Waals surface area contributed by atoms with Crippen molar-refractivity contribution in [2.75, 3.05) is 44.2 Å². The summed E-state index contributed by atoms with van der Waals surface area (Å²) in [5.41, 5.74) is 0.0796. The van der Waals surface area contributed by atoms with Crippen LogP contribution in [0.15, 0.2) is 36.4 Å². The summed E-state index contributed by atoms with van der Waals surface area (Å²) in [5, 5.41) is 14.9. The number of nitro benzene ring substituents is 1. The van der Waals surface area contributed by atoms with E-state index in [2.05, 4.69) is 20.1 Å². The van der Waals surface area contributed by atoms with Crippen LogP contribution in [0.1, 0.15) is 10.4 Å². The topological polar surface area (TPSA) is 91.6 Å². The largest absolute Gasteiger partial charge is 0.351 e. The lowest BCUT2D eigenvalue weighted by Crippen LogP contribution is -2.48. The first-order valence-electron chi connectivity index (χ1n) is 9.67. The smallest absolute Gasteiger partial charge is 0.282 e. The van der Waals surface area contributed by atoms with Gasteiger partial charge in [0.05, 0.1) is 9.62 Å². The maximum absolute atomic E-state index is 13.9. The number of benzene rings is 2. The van der Waals surface area contributed by atoms with E-state index < -0.39 is 10.8 Å². The Morgan fingerprint density at radius 3 is 2.74 bits per heavy atom. The number of piperazine rings is 1. The van der Waals surface area contributed by atoms with Gasteiger partial charge < -0.3 is 10.2 Å². The second-order valence-electron chi connectivity index (χ2n) is 7.09. The molecule has 1 aliphatic heterocycles. The van der Waals surface area contributed by atoms with Crippen molar-refractivity contribution < 1.29 is 14.1 Å². The molecule has 8 nitrogen and oxygen atoms in total. The fourth-order valence-corrected chi connectivity index (χ4v) is 4.68. The maximum Gasteiger partial charge on any atom is 0.282 e. The molecule has 0 aliphatic carbocycles. The van der Waals surface area contributed by atoms with E-state index >= 15 is 0 Å². The number of nitro groups is 1. The zero-order valence-electron chi connectivity index (χ0n) is 16.4. The number of thiazole rings is 1. The molecule has 11 heteroatoms. The van der Waals surface area contributed by atoms with Crippen LogP contribution in [0, 0.1) is 15.9 Å². The number of carbonyl (C=O) groups excluding carboxylic acids is 1. The van der Waals surface area contributed by atoms with E-state index in [9.17, 15) is 19.3 Å². The van der Waals surface area contributed by atoms with Gasteiger partial charge in [-0.1, -0.05) is 29.0 Å². The molecule has 3 aromatic rings. The monoisotopic (exact) mass is 463 g/mol. The first-order chi connectivity index (χ1) is 14.9. The molecule has 1 saturated heterocycles. The quantitative estimate of drug-likeness (QED) is 0.444. The summed E-state index contributed by atoms with van der Waals surface area (Å²) in [6.45, 7) is 4.00. The number of amides is 1. The van der Waals surface area contributed by atoms with Crippen LogP contribution in [0.5, 0.6) is 0 Å². The minimum atomic E-state index is -0.599. The van der Waals surface area contributed by atoms with Gasteiger partial charge in [-0.05, 0) is 24.3 Å². The van der Waals surface area contributed by atoms with Crippen molar-refractivity contribution in [3.8, 4) is 0 Å². The summed E-state index contributed by atoms with van der Waals surface area (Å²) in [5.74, 6) is -0.835. The van der Waals surface area contributed by atoms with Crippen LogP contribution in [0.25, 0.3) is 10.2 Å². The van der Waals surface area contributed by atoms with E-state index in [4.69, 9.17) is 11.6 Å². The van der Waals surface area contributed by atoms with E-state index in [1.165, 1.54) is 35.6 Å². The Morgan fingerprint density at radius 2 is 2.03 bits per heavy atom. The van der Waals surface area contributed by atoms with E-state index in [1.54, 1.807) is 6.07 Å². The van der Waals surface area contributed by atoms with Gasteiger partial charge in [0.15, 0.2) is 5.13 Å². The Labute approximate surface area is 186 Å². The van der Waals surface area contributed by atoms with Crippen molar-refractivity contribution in [3.05, 3.63) is 62.9 Å². The van der Waals surface area contributed by atoms with E-state index in [1.807, 2.05) is 6.07 Å². The van der Waals surface area contributed by atoms with Gasteiger partial charge in [-0.25, -0.2) is 9.37 Å². The summed E-state index contributed by atoms with van der Waals surface area (Å²) in [6, 6.07) is 8.87. The molecule has 0 spiro atoms. The van der Waals surface area contributed by atoms with Crippen molar-refractivity contribution in [1.29, 1.82) is 0 Å². The predicted molar refractivity (Wildman–Crippen MR) is 119 cm³/mol. The first-order valence-corrected chi connectivity index (χ1v) is 10.9. The van der Waals surface area contributed by atoms with Gasteiger partial charge >= 0.3 is 0 Å². The Kier molecular flexibility index (Phi) is 6.30. The van der Waals surface area contributed by atoms with Gasteiger partial charge in [0, 0.05) is 50.4 Å². The second kappa shape index (κ2) is 9.13. The molecule has 162 valence electrons. The Hall–Kier alpha value is -2.82. The van der Waals surface area contributed by atoms with Gasteiger partial charge in [-0.2, -0.15) is 0 Å². The molecule has 4 rings (SSSR count). The van der Waals surface area contributed by atoms with E-state index in [0.717, 1.165) is 36.0 Å². The van der Waals surface area contributed by atoms with Gasteiger partial charge in [0.1, 0.15) is 16.9 Å². The fourth-order valence-electron chi connectivity index (χ4n) is 3.47. The van der Waals surface area contributed by atoms with Crippen LogP contribution >= 0.6 is 22.9 Å². The molecule has 0 radical (unpaired) electrons. The van der Waals surface area contributed by atoms with Gasteiger partial charge in [-0.3, -0.25) is 19.8 Å². The number of halogens is 2. The SMILES string of the molecule is O=C(NCCN1CCN(c2nc3c(F)cccc3s2)CC1)c1cc(Cl)ccc1[N+](=O)[O-]. The zero-order chi connectivity index (χ0) is 22.0. The van der Waals surface area contributed by atoms with Crippen molar-refractivity contribution >= 4 is 49.9 Å². The summed E-state index contributed by atoms with van der Waals surface area (Å²) in [6.07, 6.45) is 0. The Bertz CT molecular complexity index is 1130. The molecular formula is C20H19ClFN5O3S. The summed E-state index contributed by atoms with van der Waals surface area (Å²) < 4.78 is 14.7. The molecule has 0 atom stereocenters. The standard InChI is InChI=1S/C20H19ClFN5O3S/c21-13-4-5-16(27(29)30)14(12-13)19(28)23-6-7-25-8-10-26(11-9-25)20-24-18-15(22)2-1-3-17(18)31-20/h1-5,12H,6-11H2,(H,23,28).